The molecule has 0 aliphatic carbocycles. The van der Waals surface area contributed by atoms with Crippen LogP contribution >= 0.6 is 11.6 Å². The summed E-state index contributed by atoms with van der Waals surface area (Å²) in [7, 11) is 1.61. The van der Waals surface area contributed by atoms with Crippen LogP contribution in [0.4, 0.5) is 5.69 Å². The first-order valence-corrected chi connectivity index (χ1v) is 6.37. The first-order chi connectivity index (χ1) is 9.11. The van der Waals surface area contributed by atoms with Crippen LogP contribution in [0.5, 0.6) is 11.5 Å². The lowest BCUT2D eigenvalue weighted by Crippen LogP contribution is -2.07. The summed E-state index contributed by atoms with van der Waals surface area (Å²) >= 11 is 5.99. The molecule has 100 valence electrons. The highest BCUT2D eigenvalue weighted by molar-refractivity contribution is 6.30. The number of benzene rings is 2. The SMILES string of the molecule is COc1ccc(Cl)cc1NC(C)c1ccccc1O. The summed E-state index contributed by atoms with van der Waals surface area (Å²) in [6.45, 7) is 1.97. The van der Waals surface area contributed by atoms with Crippen LogP contribution in [0.2, 0.25) is 5.02 Å². The monoisotopic (exact) mass is 277 g/mol. The van der Waals surface area contributed by atoms with Gasteiger partial charge in [0.2, 0.25) is 0 Å². The highest BCUT2D eigenvalue weighted by Gasteiger charge is 2.12. The van der Waals surface area contributed by atoms with Crippen LogP contribution in [0, 0.1) is 0 Å². The van der Waals surface area contributed by atoms with E-state index in [1.54, 1.807) is 31.4 Å². The molecule has 19 heavy (non-hydrogen) atoms. The number of halogens is 1. The van der Waals surface area contributed by atoms with Crippen molar-refractivity contribution in [1.29, 1.82) is 0 Å². The number of rotatable bonds is 4. The Bertz CT molecular complexity index is 572. The van der Waals surface area contributed by atoms with Crippen molar-refractivity contribution in [1.82, 2.24) is 0 Å². The molecule has 0 spiro atoms. The van der Waals surface area contributed by atoms with Crippen molar-refractivity contribution in [2.45, 2.75) is 13.0 Å². The fourth-order valence-electron chi connectivity index (χ4n) is 1.96. The van der Waals surface area contributed by atoms with E-state index in [1.807, 2.05) is 25.1 Å². The second kappa shape index (κ2) is 5.85. The molecule has 2 aromatic rings. The van der Waals surface area contributed by atoms with E-state index in [1.165, 1.54) is 0 Å². The molecular formula is C15H16ClNO2. The number of hydrogen-bond donors (Lipinski definition) is 2. The first-order valence-electron chi connectivity index (χ1n) is 6.00. The largest absolute Gasteiger partial charge is 0.508 e. The third-order valence-corrected chi connectivity index (χ3v) is 3.17. The minimum atomic E-state index is -0.0615. The summed E-state index contributed by atoms with van der Waals surface area (Å²) in [4.78, 5) is 0. The standard InChI is InChI=1S/C15H16ClNO2/c1-10(12-5-3-4-6-14(12)18)17-13-9-11(16)7-8-15(13)19-2/h3-10,17-18H,1-2H3. The highest BCUT2D eigenvalue weighted by Crippen LogP contribution is 2.32. The number of aromatic hydroxyl groups is 1. The fraction of sp³-hybridized carbons (Fsp3) is 0.200. The average Bonchev–Trinajstić information content (AvgIpc) is 2.39. The molecule has 0 heterocycles. The number of anilines is 1. The predicted octanol–water partition coefficient (Wildman–Crippen LogP) is 4.23. The van der Waals surface area contributed by atoms with Crippen LogP contribution in [0.1, 0.15) is 18.5 Å². The van der Waals surface area contributed by atoms with Gasteiger partial charge in [0, 0.05) is 10.6 Å². The number of methoxy groups -OCH3 is 1. The molecule has 2 aromatic carbocycles. The zero-order valence-corrected chi connectivity index (χ0v) is 11.6. The van der Waals surface area contributed by atoms with E-state index >= 15 is 0 Å². The number of para-hydroxylation sites is 1. The number of hydrogen-bond acceptors (Lipinski definition) is 3. The van der Waals surface area contributed by atoms with Crippen molar-refractivity contribution < 1.29 is 9.84 Å². The Morgan fingerprint density at radius 1 is 1.21 bits per heavy atom. The molecule has 0 fully saturated rings. The molecular weight excluding hydrogens is 262 g/mol. The minimum absolute atomic E-state index is 0.0615. The van der Waals surface area contributed by atoms with Gasteiger partial charge in [-0.3, -0.25) is 0 Å². The van der Waals surface area contributed by atoms with Crippen molar-refractivity contribution in [3.63, 3.8) is 0 Å². The summed E-state index contributed by atoms with van der Waals surface area (Å²) in [6, 6.07) is 12.6. The maximum absolute atomic E-state index is 9.84. The Hall–Kier alpha value is -1.87. The number of phenols is 1. The molecule has 4 heteroatoms. The van der Waals surface area contributed by atoms with Gasteiger partial charge in [0.05, 0.1) is 18.8 Å². The van der Waals surface area contributed by atoms with Crippen LogP contribution in [-0.4, -0.2) is 12.2 Å². The van der Waals surface area contributed by atoms with Crippen LogP contribution in [0.3, 0.4) is 0 Å². The number of nitrogens with one attached hydrogen (secondary N) is 1. The molecule has 0 saturated carbocycles. The topological polar surface area (TPSA) is 41.5 Å². The second-order valence-corrected chi connectivity index (χ2v) is 4.71. The van der Waals surface area contributed by atoms with Gasteiger partial charge in [-0.1, -0.05) is 29.8 Å². The van der Waals surface area contributed by atoms with Crippen molar-refractivity contribution in [2.75, 3.05) is 12.4 Å². The van der Waals surface area contributed by atoms with Crippen LogP contribution in [0.15, 0.2) is 42.5 Å². The molecule has 0 aliphatic heterocycles. The van der Waals surface area contributed by atoms with E-state index in [0.29, 0.717) is 10.8 Å². The van der Waals surface area contributed by atoms with Gasteiger partial charge < -0.3 is 15.2 Å². The first kappa shape index (κ1) is 13.6. The number of phenolic OH excluding ortho intramolecular Hbond substituents is 1. The molecule has 0 aromatic heterocycles. The summed E-state index contributed by atoms with van der Waals surface area (Å²) in [5, 5.41) is 13.8. The van der Waals surface area contributed by atoms with Crippen molar-refractivity contribution in [3.8, 4) is 11.5 Å². The van der Waals surface area contributed by atoms with Crippen LogP contribution in [0.25, 0.3) is 0 Å². The molecule has 0 bridgehead atoms. The molecule has 3 nitrogen and oxygen atoms in total. The van der Waals surface area contributed by atoms with Gasteiger partial charge in [-0.25, -0.2) is 0 Å². The van der Waals surface area contributed by atoms with E-state index in [-0.39, 0.29) is 11.8 Å². The molecule has 0 amide bonds. The molecule has 2 N–H and O–H groups in total. The lowest BCUT2D eigenvalue weighted by Gasteiger charge is -2.19. The van der Waals surface area contributed by atoms with Gasteiger partial charge in [0.1, 0.15) is 11.5 Å². The van der Waals surface area contributed by atoms with Crippen molar-refractivity contribution in [2.24, 2.45) is 0 Å². The summed E-state index contributed by atoms with van der Waals surface area (Å²) in [5.74, 6) is 0.982. The lowest BCUT2D eigenvalue weighted by molar-refractivity contribution is 0.416. The van der Waals surface area contributed by atoms with E-state index in [4.69, 9.17) is 16.3 Å². The Kier molecular flexibility index (Phi) is 4.17. The molecule has 1 unspecified atom stereocenters. The van der Waals surface area contributed by atoms with Crippen LogP contribution < -0.4 is 10.1 Å². The van der Waals surface area contributed by atoms with Gasteiger partial charge in [0.25, 0.3) is 0 Å². The Morgan fingerprint density at radius 3 is 2.63 bits per heavy atom. The maximum atomic E-state index is 9.84. The smallest absolute Gasteiger partial charge is 0.142 e. The van der Waals surface area contributed by atoms with Gasteiger partial charge >= 0.3 is 0 Å². The van der Waals surface area contributed by atoms with Gasteiger partial charge in [-0.15, -0.1) is 0 Å². The predicted molar refractivity (Wildman–Crippen MR) is 78.1 cm³/mol. The summed E-state index contributed by atoms with van der Waals surface area (Å²) in [6.07, 6.45) is 0. The maximum Gasteiger partial charge on any atom is 0.142 e. The Labute approximate surface area is 117 Å². The van der Waals surface area contributed by atoms with Gasteiger partial charge in [-0.05, 0) is 31.2 Å². The van der Waals surface area contributed by atoms with E-state index in [9.17, 15) is 5.11 Å². The zero-order chi connectivity index (χ0) is 13.8. The van der Waals surface area contributed by atoms with E-state index in [0.717, 1.165) is 11.3 Å². The molecule has 0 radical (unpaired) electrons. The van der Waals surface area contributed by atoms with Crippen molar-refractivity contribution in [3.05, 3.63) is 53.1 Å². The van der Waals surface area contributed by atoms with Gasteiger partial charge in [0.15, 0.2) is 0 Å². The molecule has 0 aliphatic rings. The number of ether oxygens (including phenoxy) is 1. The Morgan fingerprint density at radius 2 is 1.95 bits per heavy atom. The van der Waals surface area contributed by atoms with Crippen LogP contribution in [-0.2, 0) is 0 Å². The lowest BCUT2D eigenvalue weighted by atomic mass is 10.1. The fourth-order valence-corrected chi connectivity index (χ4v) is 2.13. The quantitative estimate of drug-likeness (QED) is 0.879. The van der Waals surface area contributed by atoms with E-state index < -0.39 is 0 Å². The van der Waals surface area contributed by atoms with E-state index in [2.05, 4.69) is 5.32 Å². The molecule has 2 rings (SSSR count). The second-order valence-electron chi connectivity index (χ2n) is 4.27. The third-order valence-electron chi connectivity index (χ3n) is 2.94. The molecule has 1 atom stereocenters. The van der Waals surface area contributed by atoms with Gasteiger partial charge in [-0.2, -0.15) is 0 Å². The Balaban J connectivity index is 2.26. The average molecular weight is 278 g/mol. The minimum Gasteiger partial charge on any atom is -0.508 e. The van der Waals surface area contributed by atoms with Crippen molar-refractivity contribution >= 4 is 17.3 Å². The summed E-state index contributed by atoms with van der Waals surface area (Å²) < 4.78 is 5.28. The summed E-state index contributed by atoms with van der Waals surface area (Å²) in [5.41, 5.74) is 1.62. The highest BCUT2D eigenvalue weighted by atomic mass is 35.5. The molecule has 0 saturated heterocycles. The zero-order valence-electron chi connectivity index (χ0n) is 10.9. The third kappa shape index (κ3) is 3.12. The normalized spacial score (nSPS) is 11.9.